The molecule has 0 heterocycles. The summed E-state index contributed by atoms with van der Waals surface area (Å²) in [6, 6.07) is 13.8. The molecule has 2 aromatic rings. The van der Waals surface area contributed by atoms with Gasteiger partial charge in [0.25, 0.3) is 0 Å². The molecule has 0 atom stereocenters. The zero-order valence-electron chi connectivity index (χ0n) is 15.5. The Labute approximate surface area is 150 Å². The Morgan fingerprint density at radius 1 is 1.16 bits per heavy atom. The quantitative estimate of drug-likeness (QED) is 0.429. The maximum absolute atomic E-state index is 12.4. The Morgan fingerprint density at radius 2 is 1.88 bits per heavy atom. The van der Waals surface area contributed by atoms with Crippen LogP contribution in [0, 0.1) is 13.8 Å². The third-order valence-corrected chi connectivity index (χ3v) is 4.12. The van der Waals surface area contributed by atoms with Gasteiger partial charge in [0.15, 0.2) is 0 Å². The first-order valence-electron chi connectivity index (χ1n) is 8.58. The molecule has 4 heteroatoms. The molecule has 0 N–H and O–H groups in total. The predicted molar refractivity (Wildman–Crippen MR) is 103 cm³/mol. The van der Waals surface area contributed by atoms with Gasteiger partial charge < -0.3 is 9.64 Å². The first-order valence-corrected chi connectivity index (χ1v) is 8.58. The average molecular weight is 338 g/mol. The molecule has 0 saturated heterocycles. The van der Waals surface area contributed by atoms with Crippen LogP contribution in [0.15, 0.2) is 47.5 Å². The van der Waals surface area contributed by atoms with Crippen LogP contribution in [0.3, 0.4) is 0 Å². The lowest BCUT2D eigenvalue weighted by atomic mass is 10.0. The van der Waals surface area contributed by atoms with Crippen molar-refractivity contribution >= 4 is 18.0 Å². The SMILES string of the molecule is CCN(C)C=Nc1cc(C)c(C(=O)OCCc2ccccc2)cc1C. The van der Waals surface area contributed by atoms with Crippen molar-refractivity contribution in [1.82, 2.24) is 4.90 Å². The summed E-state index contributed by atoms with van der Waals surface area (Å²) < 4.78 is 5.44. The number of aryl methyl sites for hydroxylation is 2. The van der Waals surface area contributed by atoms with Gasteiger partial charge in [-0.1, -0.05) is 30.3 Å². The van der Waals surface area contributed by atoms with Gasteiger partial charge in [-0.3, -0.25) is 0 Å². The van der Waals surface area contributed by atoms with Gasteiger partial charge in [0.1, 0.15) is 0 Å². The van der Waals surface area contributed by atoms with Gasteiger partial charge in [0.2, 0.25) is 0 Å². The summed E-state index contributed by atoms with van der Waals surface area (Å²) in [6.45, 7) is 7.21. The molecule has 0 aliphatic heterocycles. The van der Waals surface area contributed by atoms with Crippen molar-refractivity contribution in [2.75, 3.05) is 20.2 Å². The summed E-state index contributed by atoms with van der Waals surface area (Å²) in [7, 11) is 1.98. The molecule has 0 aromatic heterocycles. The van der Waals surface area contributed by atoms with Crippen molar-refractivity contribution in [3.05, 3.63) is 64.7 Å². The van der Waals surface area contributed by atoms with Crippen LogP contribution in [-0.2, 0) is 11.2 Å². The second-order valence-corrected chi connectivity index (χ2v) is 6.14. The van der Waals surface area contributed by atoms with E-state index >= 15 is 0 Å². The minimum absolute atomic E-state index is 0.280. The summed E-state index contributed by atoms with van der Waals surface area (Å²) in [5.41, 5.74) is 4.47. The molecule has 0 saturated carbocycles. The van der Waals surface area contributed by atoms with Gasteiger partial charge in [-0.05, 0) is 49.6 Å². The molecule has 0 unspecified atom stereocenters. The van der Waals surface area contributed by atoms with Crippen molar-refractivity contribution in [2.45, 2.75) is 27.2 Å². The molecule has 0 aliphatic rings. The number of hydrogen-bond acceptors (Lipinski definition) is 3. The topological polar surface area (TPSA) is 41.9 Å². The first-order chi connectivity index (χ1) is 12.0. The smallest absolute Gasteiger partial charge is 0.338 e. The van der Waals surface area contributed by atoms with Crippen LogP contribution in [0.1, 0.15) is 34.0 Å². The summed E-state index contributed by atoms with van der Waals surface area (Å²) in [5, 5.41) is 0. The fraction of sp³-hybridized carbons (Fsp3) is 0.333. The van der Waals surface area contributed by atoms with Crippen LogP contribution in [0.4, 0.5) is 5.69 Å². The van der Waals surface area contributed by atoms with E-state index in [1.165, 1.54) is 0 Å². The summed E-state index contributed by atoms with van der Waals surface area (Å²) in [5.74, 6) is -0.280. The summed E-state index contributed by atoms with van der Waals surface area (Å²) >= 11 is 0. The highest BCUT2D eigenvalue weighted by atomic mass is 16.5. The predicted octanol–water partition coefficient (Wildman–Crippen LogP) is 4.31. The fourth-order valence-electron chi connectivity index (χ4n) is 2.39. The minimum atomic E-state index is -0.280. The van der Waals surface area contributed by atoms with Gasteiger partial charge in [0, 0.05) is 20.0 Å². The lowest BCUT2D eigenvalue weighted by molar-refractivity contribution is 0.0508. The molecule has 2 aromatic carbocycles. The number of rotatable bonds is 7. The second-order valence-electron chi connectivity index (χ2n) is 6.14. The summed E-state index contributed by atoms with van der Waals surface area (Å²) in [6.07, 6.45) is 2.52. The van der Waals surface area contributed by atoms with Gasteiger partial charge in [0.05, 0.1) is 24.2 Å². The van der Waals surface area contributed by atoms with E-state index in [-0.39, 0.29) is 5.97 Å². The maximum Gasteiger partial charge on any atom is 0.338 e. The van der Waals surface area contributed by atoms with Crippen LogP contribution in [-0.4, -0.2) is 37.4 Å². The zero-order chi connectivity index (χ0) is 18.2. The lowest BCUT2D eigenvalue weighted by Gasteiger charge is -2.12. The number of esters is 1. The van der Waals surface area contributed by atoms with Crippen molar-refractivity contribution in [3.8, 4) is 0 Å². The molecule has 132 valence electrons. The number of carbonyl (C=O) groups excluding carboxylic acids is 1. The Hall–Kier alpha value is -2.62. The number of aliphatic imine (C=N–C) groups is 1. The van der Waals surface area contributed by atoms with E-state index < -0.39 is 0 Å². The van der Waals surface area contributed by atoms with Crippen molar-refractivity contribution in [3.63, 3.8) is 0 Å². The van der Waals surface area contributed by atoms with Gasteiger partial charge >= 0.3 is 5.97 Å². The monoisotopic (exact) mass is 338 g/mol. The normalized spacial score (nSPS) is 10.9. The molecule has 0 bridgehead atoms. The van der Waals surface area contributed by atoms with Gasteiger partial charge in [-0.15, -0.1) is 0 Å². The highest BCUT2D eigenvalue weighted by Gasteiger charge is 2.13. The third kappa shape index (κ3) is 5.45. The molecule has 2 rings (SSSR count). The molecule has 25 heavy (non-hydrogen) atoms. The Kier molecular flexibility index (Phi) is 6.75. The zero-order valence-corrected chi connectivity index (χ0v) is 15.5. The molecular weight excluding hydrogens is 312 g/mol. The van der Waals surface area contributed by atoms with E-state index in [4.69, 9.17) is 4.74 Å². The fourth-order valence-corrected chi connectivity index (χ4v) is 2.39. The van der Waals surface area contributed by atoms with Gasteiger partial charge in [-0.2, -0.15) is 0 Å². The molecule has 4 nitrogen and oxygen atoms in total. The van der Waals surface area contributed by atoms with Crippen LogP contribution < -0.4 is 0 Å². The number of nitrogens with zero attached hydrogens (tertiary/aromatic N) is 2. The second kappa shape index (κ2) is 9.02. The number of hydrogen-bond donors (Lipinski definition) is 0. The van der Waals surface area contributed by atoms with Crippen LogP contribution >= 0.6 is 0 Å². The van der Waals surface area contributed by atoms with E-state index in [1.807, 2.05) is 68.3 Å². The van der Waals surface area contributed by atoms with Crippen molar-refractivity contribution in [2.24, 2.45) is 4.99 Å². The molecule has 0 spiro atoms. The molecule has 0 amide bonds. The summed E-state index contributed by atoms with van der Waals surface area (Å²) in [4.78, 5) is 18.9. The molecular formula is C21H26N2O2. The third-order valence-electron chi connectivity index (χ3n) is 4.12. The number of benzene rings is 2. The van der Waals surface area contributed by atoms with Crippen molar-refractivity contribution in [1.29, 1.82) is 0 Å². The molecule has 0 radical (unpaired) electrons. The largest absolute Gasteiger partial charge is 0.462 e. The van der Waals surface area contributed by atoms with E-state index in [0.29, 0.717) is 12.2 Å². The van der Waals surface area contributed by atoms with E-state index in [9.17, 15) is 4.79 Å². The average Bonchev–Trinajstić information content (AvgIpc) is 2.62. The van der Waals surface area contributed by atoms with Crippen LogP contribution in [0.2, 0.25) is 0 Å². The standard InChI is InChI=1S/C21H26N2O2/c1-5-23(4)15-22-20-14-16(2)19(13-17(20)3)21(24)25-12-11-18-9-7-6-8-10-18/h6-10,13-15H,5,11-12H2,1-4H3. The number of ether oxygens (including phenoxy) is 1. The van der Waals surface area contributed by atoms with Crippen LogP contribution in [0.5, 0.6) is 0 Å². The molecule has 0 aliphatic carbocycles. The van der Waals surface area contributed by atoms with E-state index in [1.54, 1.807) is 6.34 Å². The molecule has 0 fully saturated rings. The lowest BCUT2D eigenvalue weighted by Crippen LogP contribution is -2.14. The minimum Gasteiger partial charge on any atom is -0.462 e. The maximum atomic E-state index is 12.4. The van der Waals surface area contributed by atoms with Crippen molar-refractivity contribution < 1.29 is 9.53 Å². The van der Waals surface area contributed by atoms with E-state index in [0.717, 1.165) is 35.3 Å². The Morgan fingerprint density at radius 3 is 2.56 bits per heavy atom. The van der Waals surface area contributed by atoms with Crippen LogP contribution in [0.25, 0.3) is 0 Å². The number of carbonyl (C=O) groups is 1. The Bertz CT molecular complexity index is 739. The van der Waals surface area contributed by atoms with Gasteiger partial charge in [-0.25, -0.2) is 9.79 Å². The highest BCUT2D eigenvalue weighted by Crippen LogP contribution is 2.23. The van der Waals surface area contributed by atoms with E-state index in [2.05, 4.69) is 11.9 Å². The highest BCUT2D eigenvalue weighted by molar-refractivity contribution is 5.92. The first kappa shape index (κ1) is 18.7. The Balaban J connectivity index is 2.02.